The Kier molecular flexibility index (Phi) is 5.81. The van der Waals surface area contributed by atoms with Crippen molar-refractivity contribution in [3.8, 4) is 0 Å². The van der Waals surface area contributed by atoms with E-state index in [4.69, 9.17) is 0 Å². The fourth-order valence-corrected chi connectivity index (χ4v) is 5.02. The quantitative estimate of drug-likeness (QED) is 0.852. The van der Waals surface area contributed by atoms with E-state index in [0.29, 0.717) is 11.7 Å². The van der Waals surface area contributed by atoms with Crippen LogP contribution in [0.5, 0.6) is 0 Å². The maximum Gasteiger partial charge on any atom is 0.276 e. The Hall–Kier alpha value is -1.37. The summed E-state index contributed by atoms with van der Waals surface area (Å²) in [7, 11) is 0. The minimum atomic E-state index is -0.0979. The number of aromatic nitrogens is 2. The lowest BCUT2D eigenvalue weighted by atomic mass is 9.96. The molecule has 1 aliphatic heterocycles. The number of carbonyl (C=O) groups is 1. The number of piperidine rings is 1. The van der Waals surface area contributed by atoms with E-state index in [9.17, 15) is 4.79 Å². The predicted octanol–water partition coefficient (Wildman–Crippen LogP) is 3.73. The van der Waals surface area contributed by atoms with Crippen molar-refractivity contribution in [2.45, 2.75) is 51.5 Å². The number of carbonyl (C=O) groups excluding carboxylic acids is 1. The highest BCUT2D eigenvalue weighted by atomic mass is 35.5. The lowest BCUT2D eigenvalue weighted by molar-refractivity contribution is 0.102. The van der Waals surface area contributed by atoms with Crippen molar-refractivity contribution in [1.82, 2.24) is 15.1 Å². The molecule has 136 valence electrons. The van der Waals surface area contributed by atoms with Crippen molar-refractivity contribution >= 4 is 34.7 Å². The summed E-state index contributed by atoms with van der Waals surface area (Å²) in [4.78, 5) is 14.0. The van der Waals surface area contributed by atoms with Gasteiger partial charge in [0.2, 0.25) is 0 Å². The SMILES string of the molecule is Cc1c(NC(=O)c2ccn(C3CCCNC3)n2)sc2c1CCCC2.Cl. The summed E-state index contributed by atoms with van der Waals surface area (Å²) in [6, 6.07) is 2.18. The average Bonchev–Trinajstić information content (AvgIpc) is 3.22. The molecule has 2 aromatic heterocycles. The molecule has 0 radical (unpaired) electrons. The maximum atomic E-state index is 12.6. The van der Waals surface area contributed by atoms with Gasteiger partial charge in [-0.3, -0.25) is 9.48 Å². The number of fused-ring (bicyclic) bond motifs is 1. The molecule has 1 atom stereocenters. The van der Waals surface area contributed by atoms with E-state index in [0.717, 1.165) is 43.8 Å². The van der Waals surface area contributed by atoms with Crippen LogP contribution in [0.3, 0.4) is 0 Å². The third-order valence-electron chi connectivity index (χ3n) is 5.15. The van der Waals surface area contributed by atoms with Crippen LogP contribution in [0.4, 0.5) is 5.00 Å². The molecular formula is C18H25ClN4OS. The molecule has 1 fully saturated rings. The zero-order valence-corrected chi connectivity index (χ0v) is 16.1. The van der Waals surface area contributed by atoms with Gasteiger partial charge >= 0.3 is 0 Å². The van der Waals surface area contributed by atoms with Gasteiger partial charge in [0.05, 0.1) is 11.0 Å². The predicted molar refractivity (Wildman–Crippen MR) is 104 cm³/mol. The van der Waals surface area contributed by atoms with Crippen LogP contribution in [0, 0.1) is 6.92 Å². The second kappa shape index (κ2) is 7.89. The smallest absolute Gasteiger partial charge is 0.276 e. The number of nitrogens with one attached hydrogen (secondary N) is 2. The van der Waals surface area contributed by atoms with Crippen molar-refractivity contribution < 1.29 is 4.79 Å². The Bertz CT molecular complexity index is 748. The summed E-state index contributed by atoms with van der Waals surface area (Å²) >= 11 is 1.74. The van der Waals surface area contributed by atoms with E-state index in [-0.39, 0.29) is 18.3 Å². The summed E-state index contributed by atoms with van der Waals surface area (Å²) in [6.07, 6.45) is 9.03. The normalized spacial score (nSPS) is 19.8. The first kappa shape index (κ1) is 18.4. The number of halogens is 1. The Morgan fingerprint density at radius 1 is 1.36 bits per heavy atom. The summed E-state index contributed by atoms with van der Waals surface area (Å²) in [5.74, 6) is -0.0979. The first-order chi connectivity index (χ1) is 11.7. The average molecular weight is 381 g/mol. The van der Waals surface area contributed by atoms with Gasteiger partial charge in [-0.15, -0.1) is 23.7 Å². The van der Waals surface area contributed by atoms with Crippen molar-refractivity contribution in [2.75, 3.05) is 18.4 Å². The standard InChI is InChI=1S/C18H24N4OS.ClH/c1-12-14-6-2-3-7-16(14)24-18(12)20-17(23)15-8-10-22(21-15)13-5-4-9-19-11-13;/h8,10,13,19H,2-7,9,11H2,1H3,(H,20,23);1H. The molecule has 0 spiro atoms. The topological polar surface area (TPSA) is 59.0 Å². The van der Waals surface area contributed by atoms with Crippen LogP contribution in [-0.2, 0) is 12.8 Å². The Morgan fingerprint density at radius 2 is 2.20 bits per heavy atom. The van der Waals surface area contributed by atoms with Crippen LogP contribution in [0.2, 0.25) is 0 Å². The number of amides is 1. The number of rotatable bonds is 3. The van der Waals surface area contributed by atoms with E-state index in [2.05, 4.69) is 22.7 Å². The molecule has 2 aromatic rings. The number of thiophene rings is 1. The molecule has 1 unspecified atom stereocenters. The van der Waals surface area contributed by atoms with Gasteiger partial charge in [-0.1, -0.05) is 0 Å². The molecule has 5 nitrogen and oxygen atoms in total. The summed E-state index contributed by atoms with van der Waals surface area (Å²) in [5, 5.41) is 12.0. The maximum absolute atomic E-state index is 12.6. The minimum absolute atomic E-state index is 0. The van der Waals surface area contributed by atoms with Crippen molar-refractivity contribution in [3.05, 3.63) is 34.0 Å². The van der Waals surface area contributed by atoms with Crippen LogP contribution in [-0.4, -0.2) is 28.8 Å². The van der Waals surface area contributed by atoms with Crippen LogP contribution >= 0.6 is 23.7 Å². The van der Waals surface area contributed by atoms with E-state index < -0.39 is 0 Å². The van der Waals surface area contributed by atoms with Crippen LogP contribution in [0.15, 0.2) is 12.3 Å². The van der Waals surface area contributed by atoms with E-state index in [1.807, 2.05) is 16.9 Å². The zero-order valence-electron chi connectivity index (χ0n) is 14.5. The molecule has 1 saturated heterocycles. The van der Waals surface area contributed by atoms with Gasteiger partial charge in [0.25, 0.3) is 5.91 Å². The Labute approximate surface area is 158 Å². The summed E-state index contributed by atoms with van der Waals surface area (Å²) in [5.41, 5.74) is 3.21. The number of nitrogens with zero attached hydrogens (tertiary/aromatic N) is 2. The van der Waals surface area contributed by atoms with Gasteiger partial charge < -0.3 is 10.6 Å². The molecule has 2 N–H and O–H groups in total. The molecule has 0 saturated carbocycles. The highest BCUT2D eigenvalue weighted by molar-refractivity contribution is 7.16. The van der Waals surface area contributed by atoms with Crippen molar-refractivity contribution in [3.63, 3.8) is 0 Å². The number of anilines is 1. The Balaban J connectivity index is 0.00000182. The van der Waals surface area contributed by atoms with Crippen molar-refractivity contribution in [2.24, 2.45) is 0 Å². The molecular weight excluding hydrogens is 356 g/mol. The van der Waals surface area contributed by atoms with Gasteiger partial charge in [-0.2, -0.15) is 5.10 Å². The number of hydrogen-bond donors (Lipinski definition) is 2. The molecule has 4 rings (SSSR count). The van der Waals surface area contributed by atoms with Gasteiger partial charge in [0.15, 0.2) is 5.69 Å². The largest absolute Gasteiger partial charge is 0.315 e. The lowest BCUT2D eigenvalue weighted by Crippen LogP contribution is -2.32. The first-order valence-electron chi connectivity index (χ1n) is 8.91. The fourth-order valence-electron chi connectivity index (χ4n) is 3.73. The lowest BCUT2D eigenvalue weighted by Gasteiger charge is -2.22. The van der Waals surface area contributed by atoms with Crippen LogP contribution < -0.4 is 10.6 Å². The first-order valence-corrected chi connectivity index (χ1v) is 9.72. The summed E-state index contributed by atoms with van der Waals surface area (Å²) < 4.78 is 1.94. The van der Waals surface area contributed by atoms with Gasteiger partial charge in [-0.25, -0.2) is 0 Å². The monoisotopic (exact) mass is 380 g/mol. The van der Waals surface area contributed by atoms with Crippen LogP contribution in [0.25, 0.3) is 0 Å². The summed E-state index contributed by atoms with van der Waals surface area (Å²) in [6.45, 7) is 4.13. The Morgan fingerprint density at radius 3 is 2.96 bits per heavy atom. The number of hydrogen-bond acceptors (Lipinski definition) is 4. The molecule has 0 bridgehead atoms. The second-order valence-corrected chi connectivity index (χ2v) is 7.91. The van der Waals surface area contributed by atoms with E-state index in [1.54, 1.807) is 11.3 Å². The third kappa shape index (κ3) is 3.76. The molecule has 7 heteroatoms. The zero-order chi connectivity index (χ0) is 16.5. The highest BCUT2D eigenvalue weighted by Crippen LogP contribution is 2.37. The number of aryl methyl sites for hydroxylation is 1. The minimum Gasteiger partial charge on any atom is -0.315 e. The highest BCUT2D eigenvalue weighted by Gasteiger charge is 2.21. The second-order valence-electron chi connectivity index (χ2n) is 6.80. The van der Waals surface area contributed by atoms with Gasteiger partial charge in [-0.05, 0) is 69.2 Å². The van der Waals surface area contributed by atoms with Gasteiger partial charge in [0, 0.05) is 17.6 Å². The van der Waals surface area contributed by atoms with E-state index >= 15 is 0 Å². The van der Waals surface area contributed by atoms with E-state index in [1.165, 1.54) is 28.8 Å². The molecule has 2 aliphatic rings. The van der Waals surface area contributed by atoms with Gasteiger partial charge in [0.1, 0.15) is 0 Å². The fraction of sp³-hybridized carbons (Fsp3) is 0.556. The molecule has 1 amide bonds. The van der Waals surface area contributed by atoms with Crippen LogP contribution in [0.1, 0.15) is 58.2 Å². The molecule has 3 heterocycles. The molecule has 1 aliphatic carbocycles. The third-order valence-corrected chi connectivity index (χ3v) is 6.46. The van der Waals surface area contributed by atoms with Crippen molar-refractivity contribution in [1.29, 1.82) is 0 Å². The molecule has 25 heavy (non-hydrogen) atoms. The molecule has 0 aromatic carbocycles.